The fourth-order valence-corrected chi connectivity index (χ4v) is 306. The van der Waals surface area contributed by atoms with Crippen molar-refractivity contribution in [1.82, 2.24) is 0 Å². The first kappa shape index (κ1) is 89.1. The Bertz CT molecular complexity index is 3160. The highest BCUT2D eigenvalue weighted by Gasteiger charge is 2.60. The Morgan fingerprint density at radius 3 is 0.886 bits per heavy atom. The van der Waals surface area contributed by atoms with Crippen molar-refractivity contribution in [2.75, 3.05) is 0 Å². The second kappa shape index (κ2) is 40.7. The highest BCUT2D eigenvalue weighted by molar-refractivity contribution is 7.79. The maximum absolute atomic E-state index is 14.2. The van der Waals surface area contributed by atoms with Gasteiger partial charge < -0.3 is 137 Å². The highest BCUT2D eigenvalue weighted by atomic mass is 30.1. The van der Waals surface area contributed by atoms with Gasteiger partial charge in [-0.2, -0.15) is 0 Å². The molecule has 0 aromatic carbocycles. The van der Waals surface area contributed by atoms with E-state index in [1.165, 1.54) is 13.1 Å². The van der Waals surface area contributed by atoms with E-state index < -0.39 is 253 Å². The smallest absolute Gasteiger partial charge is 0.533 e. The topological polar surface area (TPSA) is 490 Å². The van der Waals surface area contributed by atoms with Gasteiger partial charge in [-0.1, -0.05) is 84.0 Å². The molecule has 0 fully saturated rings. The molecule has 0 amide bonds. The van der Waals surface area contributed by atoms with Crippen LogP contribution in [0.1, 0.15) is 84.0 Å². The summed E-state index contributed by atoms with van der Waals surface area (Å²) in [7, 11) is -126. The molecule has 31 nitrogen and oxygen atoms in total. The summed E-state index contributed by atoms with van der Waals surface area (Å²) in [6, 6.07) is -0.352. The summed E-state index contributed by atoms with van der Waals surface area (Å²) in [5.74, 6) is 0. The lowest BCUT2D eigenvalue weighted by Gasteiger charge is -2.30. The molecule has 0 N–H and O–H groups in total. The van der Waals surface area contributed by atoms with Crippen LogP contribution in [0.2, 0.25) is 78.1 Å². The van der Waals surface area contributed by atoms with E-state index in [1.54, 1.807) is 39.3 Å². The summed E-state index contributed by atoms with van der Waals surface area (Å²) in [4.78, 5) is 0. The van der Waals surface area contributed by atoms with Crippen LogP contribution in [-0.2, 0) is 137 Å². The Morgan fingerprint density at radius 1 is 0.284 bits per heavy atom. The molecular formula is C25H62O31Si32. The average Bonchev–Trinajstić information content (AvgIpc) is 2.30. The summed E-state index contributed by atoms with van der Waals surface area (Å²) in [6.07, 6.45) is 10.1. The van der Waals surface area contributed by atoms with Crippen molar-refractivity contribution >= 4 is 253 Å². The van der Waals surface area contributed by atoms with Gasteiger partial charge in [0.15, 0.2) is 16.6 Å². The number of hydrogen-bond donors (Lipinski definition) is 0. The van der Waals surface area contributed by atoms with Crippen LogP contribution < -0.4 is 0 Å². The van der Waals surface area contributed by atoms with Crippen molar-refractivity contribution < 1.29 is 137 Å². The molecule has 0 saturated heterocycles. The minimum atomic E-state index is -4.51. The molecular weight excluding hydrogens is 1690 g/mol. The molecule has 0 aliphatic rings. The van der Waals surface area contributed by atoms with Gasteiger partial charge in [0, 0.05) is 0 Å². The lowest BCUT2D eigenvalue weighted by Crippen LogP contribution is -2.61. The van der Waals surface area contributed by atoms with E-state index in [1.807, 2.05) is 0 Å². The monoisotopic (exact) mass is 1750 g/mol. The van der Waals surface area contributed by atoms with E-state index >= 15 is 0 Å². The zero-order valence-corrected chi connectivity index (χ0v) is 81.8. The highest BCUT2D eigenvalue weighted by Crippen LogP contribution is 2.20. The van der Waals surface area contributed by atoms with Crippen LogP contribution in [0.3, 0.4) is 0 Å². The number of rotatable bonds is 49. The number of unbranched alkanes of at least 4 members (excludes halogenated alkanes) is 11. The first-order valence-electron chi connectivity index (χ1n) is 26.4. The van der Waals surface area contributed by atoms with E-state index in [9.17, 15) is 116 Å². The molecule has 0 aliphatic carbocycles. The maximum atomic E-state index is 14.2. The Kier molecular flexibility index (Phi) is 41.2. The van der Waals surface area contributed by atoms with Gasteiger partial charge in [-0.05, 0) is 78.1 Å². The van der Waals surface area contributed by atoms with Crippen LogP contribution >= 0.6 is 0 Å². The first-order valence-corrected chi connectivity index (χ1v) is 105. The zero-order chi connectivity index (χ0) is 68.9. The van der Waals surface area contributed by atoms with Crippen molar-refractivity contribution in [3.63, 3.8) is 0 Å². The van der Waals surface area contributed by atoms with Gasteiger partial charge in [-0.15, -0.1) is 0 Å². The Hall–Kier alpha value is 1.06. The fourth-order valence-electron chi connectivity index (χ4n) is 6.91. The molecule has 0 aromatic rings. The molecule has 0 rings (SSSR count). The second-order valence-electron chi connectivity index (χ2n) is 22.0. The summed E-state index contributed by atoms with van der Waals surface area (Å²) in [6.45, 7) is 18.2. The van der Waals surface area contributed by atoms with Gasteiger partial charge in [0.25, 0.3) is 25.0 Å². The fraction of sp³-hybridized carbons (Fsp3) is 1.00. The predicted molar refractivity (Wildman–Crippen MR) is 338 cm³/mol. The zero-order valence-electron chi connectivity index (χ0n) is 49.8. The van der Waals surface area contributed by atoms with E-state index in [-0.39, 0.29) is 12.5 Å². The predicted octanol–water partition coefficient (Wildman–Crippen LogP) is -3.54. The Balaban J connectivity index is 6.38. The lowest BCUT2D eigenvalue weighted by atomic mass is 10.1. The molecule has 0 saturated carbocycles. The molecule has 88 heavy (non-hydrogen) atoms. The third kappa shape index (κ3) is 29.8. The molecule has 0 aliphatic heterocycles. The number of hydrogen-bond acceptors (Lipinski definition) is 31. The van der Waals surface area contributed by atoms with Crippen LogP contribution in [-0.4, -0.2) is 253 Å². The molecule has 1 atom stereocenters. The average molecular weight is 1760 g/mol. The third-order valence-corrected chi connectivity index (χ3v) is 224. The van der Waals surface area contributed by atoms with Gasteiger partial charge in [0.05, 0.1) is 0 Å². The Labute approximate surface area is 546 Å². The molecule has 1 unspecified atom stereocenters. The second-order valence-corrected chi connectivity index (χ2v) is 169. The Morgan fingerprint density at radius 2 is 0.557 bits per heavy atom. The minimum Gasteiger partial charge on any atom is -0.575 e. The van der Waals surface area contributed by atoms with E-state index in [2.05, 4.69) is 6.92 Å². The molecule has 0 aromatic heterocycles. The van der Waals surface area contributed by atoms with Crippen LogP contribution in [0.5, 0.6) is 0 Å². The van der Waals surface area contributed by atoms with Gasteiger partial charge in [0.1, 0.15) is 0 Å². The van der Waals surface area contributed by atoms with E-state index in [4.69, 9.17) is 20.6 Å². The van der Waals surface area contributed by atoms with Gasteiger partial charge in [-0.3, -0.25) is 0 Å². The summed E-state index contributed by atoms with van der Waals surface area (Å²) >= 11 is 0. The minimum absolute atomic E-state index is 0.0818. The molecule has 0 heterocycles. The van der Waals surface area contributed by atoms with Crippen molar-refractivity contribution in [3.05, 3.63) is 0 Å². The summed E-state index contributed by atoms with van der Waals surface area (Å²) < 4.78 is 370. The first-order chi connectivity index (χ1) is 40.1. The quantitative estimate of drug-likeness (QED) is 0.0420. The maximum Gasteiger partial charge on any atom is 0.533 e. The normalized spacial score (nSPS) is 12.0. The summed E-state index contributed by atoms with van der Waals surface area (Å²) in [5, 5.41) is 0. The summed E-state index contributed by atoms with van der Waals surface area (Å²) in [5.41, 5.74) is 0. The standard InChI is InChI=1S/C25H62O31Si32/c1-13-14-15-16-17-18-19-20-21-22-23-24-25-88(12,55-60(28)64(32)68(36)70(38)73(41)69(37)65(33)61(29)57-52-84(2,3)4)83(51)81(49)79(47)77(45)75(43)72(40)67(35)63(31)59(27)54-87(10,11)82(50)80(48)78(46)76(44)74(42)71(39)66(34)62(30)58(26)53-86(8,9)56-85(5,6)7/h13-25H2,1-12H3. The molecule has 63 heteroatoms. The van der Waals surface area contributed by atoms with Gasteiger partial charge in [-0.25, -0.2) is 0 Å². The van der Waals surface area contributed by atoms with E-state index in [0.717, 1.165) is 77.4 Å². The van der Waals surface area contributed by atoms with Crippen LogP contribution in [0, 0.1) is 0 Å². The third-order valence-electron chi connectivity index (χ3n) is 11.2. The largest absolute Gasteiger partial charge is 0.575 e. The molecule has 2 radical (unpaired) electrons. The van der Waals surface area contributed by atoms with Crippen molar-refractivity contribution in [1.29, 1.82) is 0 Å². The van der Waals surface area contributed by atoms with Crippen LogP contribution in [0.4, 0.5) is 0 Å². The van der Waals surface area contributed by atoms with Crippen molar-refractivity contribution in [2.45, 2.75) is 162 Å². The van der Waals surface area contributed by atoms with Gasteiger partial charge in [0.2, 0.25) is 0 Å². The molecule has 0 bridgehead atoms. The lowest BCUT2D eigenvalue weighted by molar-refractivity contribution is 0.377. The SMILES string of the molecule is CCCCCCCCCCCCCC[Si](C)(O[Si](=O)[Si](=O)[Si](=O)[Si](=O)[Si](=O)[Si](=O)[Si](=O)[Si](=O)[Si]O[Si](C)(C)C)[Si](=O)[Si](=O)[Si](=O)[Si](=O)[Si](=O)[Si](=O)[Si](=O)[Si](=O)[Si](=O)O[Si](C)(C)[Si](=O)[Si](=O)[Si](=O)[Si](=O)[Si](=O)[Si](=O)[Si](=O)[Si](=O)[Si](=O)O[Si](C)(C)O[Si](C)(C)C. The van der Waals surface area contributed by atoms with Crippen LogP contribution in [0.25, 0.3) is 0 Å². The molecule has 0 spiro atoms. The van der Waals surface area contributed by atoms with Crippen LogP contribution in [0.15, 0.2) is 0 Å². The van der Waals surface area contributed by atoms with E-state index in [0.29, 0.717) is 12.8 Å². The van der Waals surface area contributed by atoms with Gasteiger partial charge >= 0.3 is 211 Å². The molecule has 476 valence electrons. The van der Waals surface area contributed by atoms with Crippen molar-refractivity contribution in [3.8, 4) is 0 Å². The van der Waals surface area contributed by atoms with Crippen molar-refractivity contribution in [2.24, 2.45) is 0 Å².